The van der Waals surface area contributed by atoms with Crippen LogP contribution >= 0.6 is 11.6 Å². The molecule has 0 aromatic heterocycles. The second-order valence-corrected chi connectivity index (χ2v) is 5.51. The number of nitrogens with zero attached hydrogens (tertiary/aromatic N) is 1. The highest BCUT2D eigenvalue weighted by Crippen LogP contribution is 2.26. The number of benzene rings is 1. The van der Waals surface area contributed by atoms with Gasteiger partial charge in [-0.25, -0.2) is 0 Å². The Morgan fingerprint density at radius 1 is 1.47 bits per heavy atom. The van der Waals surface area contributed by atoms with Crippen molar-refractivity contribution in [1.29, 1.82) is 0 Å². The summed E-state index contributed by atoms with van der Waals surface area (Å²) in [5.74, 6) is 0. The molecule has 0 spiro atoms. The molecule has 1 fully saturated rings. The maximum atomic E-state index is 6.13. The quantitative estimate of drug-likeness (QED) is 0.840. The summed E-state index contributed by atoms with van der Waals surface area (Å²) in [6.45, 7) is 8.90. The lowest BCUT2D eigenvalue weighted by atomic mass is 10.1. The predicted molar refractivity (Wildman–Crippen MR) is 81.1 cm³/mol. The number of rotatable bonds is 5. The van der Waals surface area contributed by atoms with Crippen molar-refractivity contribution in [2.45, 2.75) is 32.9 Å². The number of halogens is 1. The smallest absolute Gasteiger partial charge is 0.0722 e. The van der Waals surface area contributed by atoms with Gasteiger partial charge in [-0.2, -0.15) is 0 Å². The third-order valence-corrected chi connectivity index (χ3v) is 3.60. The first kappa shape index (κ1) is 14.6. The average molecular weight is 283 g/mol. The zero-order chi connectivity index (χ0) is 13.7. The summed E-state index contributed by atoms with van der Waals surface area (Å²) in [6.07, 6.45) is 1.44. The van der Waals surface area contributed by atoms with Crippen LogP contribution in [0.2, 0.25) is 5.02 Å². The highest BCUT2D eigenvalue weighted by Gasteiger charge is 2.19. The predicted octanol–water partition coefficient (Wildman–Crippen LogP) is 3.06. The molecule has 0 radical (unpaired) electrons. The van der Waals surface area contributed by atoms with Crippen LogP contribution in [0.25, 0.3) is 0 Å². The average Bonchev–Trinajstić information content (AvgIpc) is 2.39. The summed E-state index contributed by atoms with van der Waals surface area (Å²) in [5.41, 5.74) is 2.55. The topological polar surface area (TPSA) is 24.5 Å². The van der Waals surface area contributed by atoms with Crippen molar-refractivity contribution in [2.75, 3.05) is 31.1 Å². The van der Waals surface area contributed by atoms with Gasteiger partial charge in [-0.05, 0) is 43.7 Å². The molecular weight excluding hydrogens is 260 g/mol. The molecule has 19 heavy (non-hydrogen) atoms. The molecule has 1 aromatic rings. The van der Waals surface area contributed by atoms with Crippen molar-refractivity contribution in [3.05, 3.63) is 28.8 Å². The van der Waals surface area contributed by atoms with E-state index >= 15 is 0 Å². The molecule has 4 heteroatoms. The molecule has 3 nitrogen and oxygen atoms in total. The maximum Gasteiger partial charge on any atom is 0.0722 e. The van der Waals surface area contributed by atoms with Gasteiger partial charge >= 0.3 is 0 Å². The number of hydrogen-bond donors (Lipinski definition) is 1. The van der Waals surface area contributed by atoms with Crippen LogP contribution in [-0.4, -0.2) is 32.3 Å². The standard InChI is InChI=1S/C15H23ClN2O/c1-3-6-17-10-13-9-14(16)4-5-15(13)18-7-8-19-12(2)11-18/h4-5,9,12,17H,3,6-8,10-11H2,1-2H3. The molecule has 1 N–H and O–H groups in total. The van der Waals surface area contributed by atoms with E-state index in [1.54, 1.807) is 0 Å². The molecule has 2 rings (SSSR count). The maximum absolute atomic E-state index is 6.13. The monoisotopic (exact) mass is 282 g/mol. The molecule has 1 aliphatic heterocycles. The Morgan fingerprint density at radius 2 is 2.32 bits per heavy atom. The summed E-state index contributed by atoms with van der Waals surface area (Å²) in [7, 11) is 0. The van der Waals surface area contributed by atoms with E-state index < -0.39 is 0 Å². The van der Waals surface area contributed by atoms with Crippen molar-refractivity contribution >= 4 is 17.3 Å². The first-order valence-corrected chi connectivity index (χ1v) is 7.44. The Balaban J connectivity index is 2.13. The third kappa shape index (κ3) is 4.10. The van der Waals surface area contributed by atoms with Crippen molar-refractivity contribution in [2.24, 2.45) is 0 Å². The molecule has 1 heterocycles. The fourth-order valence-corrected chi connectivity index (χ4v) is 2.64. The van der Waals surface area contributed by atoms with Crippen LogP contribution < -0.4 is 10.2 Å². The Labute approximate surface area is 120 Å². The molecular formula is C15H23ClN2O. The summed E-state index contributed by atoms with van der Waals surface area (Å²) in [4.78, 5) is 2.40. The lowest BCUT2D eigenvalue weighted by Crippen LogP contribution is -2.41. The number of ether oxygens (including phenoxy) is 1. The second kappa shape index (κ2) is 7.13. The first-order chi connectivity index (χ1) is 9.20. The number of morpholine rings is 1. The lowest BCUT2D eigenvalue weighted by Gasteiger charge is -2.34. The van der Waals surface area contributed by atoms with Crippen molar-refractivity contribution in [3.8, 4) is 0 Å². The molecule has 1 aromatic carbocycles. The van der Waals surface area contributed by atoms with Gasteiger partial charge in [-0.15, -0.1) is 0 Å². The van der Waals surface area contributed by atoms with Gasteiger partial charge < -0.3 is 15.0 Å². The van der Waals surface area contributed by atoms with Crippen molar-refractivity contribution in [3.63, 3.8) is 0 Å². The van der Waals surface area contributed by atoms with Gasteiger partial charge in [0, 0.05) is 30.3 Å². The van der Waals surface area contributed by atoms with Crippen LogP contribution in [0.1, 0.15) is 25.8 Å². The van der Waals surface area contributed by atoms with Gasteiger partial charge in [0.2, 0.25) is 0 Å². The third-order valence-electron chi connectivity index (χ3n) is 3.37. The summed E-state index contributed by atoms with van der Waals surface area (Å²) in [6, 6.07) is 6.17. The summed E-state index contributed by atoms with van der Waals surface area (Å²) < 4.78 is 5.61. The van der Waals surface area contributed by atoms with Crippen LogP contribution in [0.5, 0.6) is 0 Å². The molecule has 0 aliphatic carbocycles. The van der Waals surface area contributed by atoms with E-state index in [2.05, 4.69) is 36.2 Å². The SMILES string of the molecule is CCCNCc1cc(Cl)ccc1N1CCOC(C)C1. The van der Waals surface area contributed by atoms with Crippen LogP contribution in [0.4, 0.5) is 5.69 Å². The number of nitrogens with one attached hydrogen (secondary N) is 1. The van der Waals surface area contributed by atoms with E-state index in [-0.39, 0.29) is 0 Å². The Bertz CT molecular complexity index is 411. The Kier molecular flexibility index (Phi) is 5.49. The second-order valence-electron chi connectivity index (χ2n) is 5.08. The van der Waals surface area contributed by atoms with Gasteiger partial charge in [0.25, 0.3) is 0 Å². The first-order valence-electron chi connectivity index (χ1n) is 7.06. The zero-order valence-corrected chi connectivity index (χ0v) is 12.5. The van der Waals surface area contributed by atoms with E-state index in [4.69, 9.17) is 16.3 Å². The lowest BCUT2D eigenvalue weighted by molar-refractivity contribution is 0.0531. The summed E-state index contributed by atoms with van der Waals surface area (Å²) in [5, 5.41) is 4.26. The van der Waals surface area contributed by atoms with Gasteiger partial charge in [0.1, 0.15) is 0 Å². The Hall–Kier alpha value is -0.770. The van der Waals surface area contributed by atoms with Gasteiger partial charge in [0.05, 0.1) is 12.7 Å². The largest absolute Gasteiger partial charge is 0.375 e. The van der Waals surface area contributed by atoms with Crippen LogP contribution in [0.15, 0.2) is 18.2 Å². The molecule has 0 saturated carbocycles. The molecule has 0 amide bonds. The Morgan fingerprint density at radius 3 is 3.05 bits per heavy atom. The van der Waals surface area contributed by atoms with E-state index in [9.17, 15) is 0 Å². The molecule has 106 valence electrons. The van der Waals surface area contributed by atoms with Crippen molar-refractivity contribution < 1.29 is 4.74 Å². The molecule has 1 atom stereocenters. The minimum absolute atomic E-state index is 0.292. The summed E-state index contributed by atoms with van der Waals surface area (Å²) >= 11 is 6.13. The van der Waals surface area contributed by atoms with Crippen LogP contribution in [-0.2, 0) is 11.3 Å². The molecule has 1 saturated heterocycles. The number of hydrogen-bond acceptors (Lipinski definition) is 3. The fourth-order valence-electron chi connectivity index (χ4n) is 2.44. The molecule has 1 unspecified atom stereocenters. The van der Waals surface area contributed by atoms with Gasteiger partial charge in [-0.3, -0.25) is 0 Å². The normalized spacial score (nSPS) is 19.7. The zero-order valence-electron chi connectivity index (χ0n) is 11.8. The van der Waals surface area contributed by atoms with Crippen LogP contribution in [0.3, 0.4) is 0 Å². The van der Waals surface area contributed by atoms with Gasteiger partial charge in [-0.1, -0.05) is 18.5 Å². The minimum Gasteiger partial charge on any atom is -0.375 e. The fraction of sp³-hybridized carbons (Fsp3) is 0.600. The highest BCUT2D eigenvalue weighted by molar-refractivity contribution is 6.30. The molecule has 1 aliphatic rings. The number of anilines is 1. The minimum atomic E-state index is 0.292. The van der Waals surface area contributed by atoms with Crippen LogP contribution in [0, 0.1) is 0 Å². The molecule has 0 bridgehead atoms. The van der Waals surface area contributed by atoms with E-state index in [0.29, 0.717) is 6.10 Å². The van der Waals surface area contributed by atoms with Gasteiger partial charge in [0.15, 0.2) is 0 Å². The van der Waals surface area contributed by atoms with E-state index in [0.717, 1.165) is 44.2 Å². The van der Waals surface area contributed by atoms with Crippen molar-refractivity contribution in [1.82, 2.24) is 5.32 Å². The van der Waals surface area contributed by atoms with E-state index in [1.165, 1.54) is 11.3 Å². The highest BCUT2D eigenvalue weighted by atomic mass is 35.5. The van der Waals surface area contributed by atoms with E-state index in [1.807, 2.05) is 6.07 Å².